The van der Waals surface area contributed by atoms with E-state index in [1.54, 1.807) is 10.4 Å². The third-order valence-electron chi connectivity index (χ3n) is 4.40. The number of nitrogens with one attached hydrogen (secondary N) is 1. The number of thioether (sulfide) groups is 1. The van der Waals surface area contributed by atoms with Crippen molar-refractivity contribution in [2.24, 2.45) is 0 Å². The zero-order valence-electron chi connectivity index (χ0n) is 12.3. The summed E-state index contributed by atoms with van der Waals surface area (Å²) in [5.74, 6) is 2.58. The zero-order chi connectivity index (χ0) is 14.1. The maximum atomic E-state index is 3.70. The standard InChI is InChI=1S/C17H22N2S2/c1-2-4-16-14(3-1)15(12-19-7-9-20-10-8-19)17(21-16)11-18-13-5-6-13/h1-4,13,18H,5-12H2. The summed E-state index contributed by atoms with van der Waals surface area (Å²) in [7, 11) is 0. The molecule has 2 aliphatic rings. The second kappa shape index (κ2) is 6.29. The lowest BCUT2D eigenvalue weighted by atomic mass is 10.1. The average Bonchev–Trinajstić information content (AvgIpc) is 3.30. The van der Waals surface area contributed by atoms with E-state index in [2.05, 4.69) is 46.2 Å². The fourth-order valence-electron chi connectivity index (χ4n) is 2.97. The van der Waals surface area contributed by atoms with Crippen LogP contribution in [0.3, 0.4) is 0 Å². The first-order valence-electron chi connectivity index (χ1n) is 7.93. The van der Waals surface area contributed by atoms with Crippen molar-refractivity contribution < 1.29 is 0 Å². The largest absolute Gasteiger partial charge is 0.309 e. The quantitative estimate of drug-likeness (QED) is 0.905. The highest BCUT2D eigenvalue weighted by Crippen LogP contribution is 2.33. The van der Waals surface area contributed by atoms with Gasteiger partial charge in [-0.3, -0.25) is 4.90 Å². The first-order valence-corrected chi connectivity index (χ1v) is 9.90. The Balaban J connectivity index is 1.60. The Morgan fingerprint density at radius 2 is 1.95 bits per heavy atom. The number of hydrogen-bond donors (Lipinski definition) is 1. The fraction of sp³-hybridized carbons (Fsp3) is 0.529. The molecule has 1 saturated heterocycles. The van der Waals surface area contributed by atoms with E-state index >= 15 is 0 Å². The Bertz CT molecular complexity index is 612. The molecule has 112 valence electrons. The van der Waals surface area contributed by atoms with Gasteiger partial charge in [0.15, 0.2) is 0 Å². The van der Waals surface area contributed by atoms with E-state index < -0.39 is 0 Å². The van der Waals surface area contributed by atoms with Crippen LogP contribution in [0.4, 0.5) is 0 Å². The van der Waals surface area contributed by atoms with Crippen LogP contribution in [0.15, 0.2) is 24.3 Å². The second-order valence-electron chi connectivity index (χ2n) is 6.04. The molecular weight excluding hydrogens is 296 g/mol. The SMILES string of the molecule is c1ccc2c(CN3CCSCC3)c(CNC3CC3)sc2c1. The molecule has 0 spiro atoms. The Hall–Kier alpha value is -0.550. The predicted octanol–water partition coefficient (Wildman–Crippen LogP) is 3.70. The van der Waals surface area contributed by atoms with Gasteiger partial charge in [-0.15, -0.1) is 11.3 Å². The molecule has 1 saturated carbocycles. The van der Waals surface area contributed by atoms with Gasteiger partial charge in [0, 0.05) is 53.3 Å². The van der Waals surface area contributed by atoms with Crippen LogP contribution in [-0.4, -0.2) is 35.5 Å². The molecule has 1 aliphatic carbocycles. The molecule has 2 nitrogen and oxygen atoms in total. The van der Waals surface area contributed by atoms with E-state index in [4.69, 9.17) is 0 Å². The van der Waals surface area contributed by atoms with Gasteiger partial charge in [0.2, 0.25) is 0 Å². The molecule has 1 N–H and O–H groups in total. The zero-order valence-corrected chi connectivity index (χ0v) is 13.9. The summed E-state index contributed by atoms with van der Waals surface area (Å²) in [4.78, 5) is 4.19. The Morgan fingerprint density at radius 3 is 2.76 bits per heavy atom. The molecule has 2 fully saturated rings. The van der Waals surface area contributed by atoms with Crippen molar-refractivity contribution in [3.63, 3.8) is 0 Å². The smallest absolute Gasteiger partial charge is 0.0349 e. The maximum Gasteiger partial charge on any atom is 0.0349 e. The van der Waals surface area contributed by atoms with Crippen LogP contribution in [0.5, 0.6) is 0 Å². The fourth-order valence-corrected chi connectivity index (χ4v) is 5.12. The highest BCUT2D eigenvalue weighted by Gasteiger charge is 2.22. The van der Waals surface area contributed by atoms with E-state index in [-0.39, 0.29) is 0 Å². The first kappa shape index (κ1) is 14.1. The highest BCUT2D eigenvalue weighted by atomic mass is 32.2. The van der Waals surface area contributed by atoms with Crippen molar-refractivity contribution in [2.75, 3.05) is 24.6 Å². The highest BCUT2D eigenvalue weighted by molar-refractivity contribution is 7.99. The predicted molar refractivity (Wildman–Crippen MR) is 94.3 cm³/mol. The van der Waals surface area contributed by atoms with Crippen LogP contribution in [0, 0.1) is 0 Å². The van der Waals surface area contributed by atoms with Gasteiger partial charge in [-0.05, 0) is 29.9 Å². The Kier molecular flexibility index (Phi) is 4.21. The lowest BCUT2D eigenvalue weighted by molar-refractivity contribution is 0.295. The van der Waals surface area contributed by atoms with Crippen molar-refractivity contribution in [1.82, 2.24) is 10.2 Å². The van der Waals surface area contributed by atoms with E-state index in [0.29, 0.717) is 0 Å². The third-order valence-corrected chi connectivity index (χ3v) is 6.55. The van der Waals surface area contributed by atoms with E-state index in [0.717, 1.165) is 19.1 Å². The van der Waals surface area contributed by atoms with Gasteiger partial charge in [0.25, 0.3) is 0 Å². The summed E-state index contributed by atoms with van der Waals surface area (Å²) in [6.45, 7) is 4.67. The van der Waals surface area contributed by atoms with Crippen molar-refractivity contribution in [2.45, 2.75) is 32.0 Å². The molecule has 0 atom stereocenters. The third kappa shape index (κ3) is 3.29. The van der Waals surface area contributed by atoms with Gasteiger partial charge in [-0.1, -0.05) is 18.2 Å². The number of rotatable bonds is 5. The normalized spacial score (nSPS) is 20.2. The summed E-state index contributed by atoms with van der Waals surface area (Å²) in [6, 6.07) is 9.71. The number of hydrogen-bond acceptors (Lipinski definition) is 4. The molecule has 0 bridgehead atoms. The molecule has 21 heavy (non-hydrogen) atoms. The number of thiophene rings is 1. The molecular formula is C17H22N2S2. The minimum atomic E-state index is 0.787. The monoisotopic (exact) mass is 318 g/mol. The van der Waals surface area contributed by atoms with E-state index in [1.807, 2.05) is 11.3 Å². The van der Waals surface area contributed by atoms with Gasteiger partial charge in [0.05, 0.1) is 0 Å². The second-order valence-corrected chi connectivity index (χ2v) is 8.41. The van der Waals surface area contributed by atoms with Gasteiger partial charge >= 0.3 is 0 Å². The van der Waals surface area contributed by atoms with E-state index in [1.165, 1.54) is 47.5 Å². The van der Waals surface area contributed by atoms with Crippen molar-refractivity contribution >= 4 is 33.2 Å². The van der Waals surface area contributed by atoms with Crippen LogP contribution in [0.1, 0.15) is 23.3 Å². The number of fused-ring (bicyclic) bond motifs is 1. The summed E-state index contributed by atoms with van der Waals surface area (Å²) in [5.41, 5.74) is 1.58. The van der Waals surface area contributed by atoms with Gasteiger partial charge < -0.3 is 5.32 Å². The molecule has 4 rings (SSSR count). The Labute approximate surface area is 134 Å². The van der Waals surface area contributed by atoms with Crippen LogP contribution in [0.25, 0.3) is 10.1 Å². The first-order chi connectivity index (χ1) is 10.4. The van der Waals surface area contributed by atoms with Gasteiger partial charge in [0.1, 0.15) is 0 Å². The molecule has 0 radical (unpaired) electrons. The van der Waals surface area contributed by atoms with Crippen molar-refractivity contribution in [3.05, 3.63) is 34.7 Å². The summed E-state index contributed by atoms with van der Waals surface area (Å²) < 4.78 is 1.45. The lowest BCUT2D eigenvalue weighted by Gasteiger charge is -2.26. The van der Waals surface area contributed by atoms with E-state index in [9.17, 15) is 0 Å². The topological polar surface area (TPSA) is 15.3 Å². The van der Waals surface area contributed by atoms with Crippen LogP contribution < -0.4 is 5.32 Å². The van der Waals surface area contributed by atoms with Crippen LogP contribution in [0.2, 0.25) is 0 Å². The average molecular weight is 319 g/mol. The minimum Gasteiger partial charge on any atom is -0.309 e. The molecule has 1 aliphatic heterocycles. The maximum absolute atomic E-state index is 3.70. The number of nitrogens with zero attached hydrogens (tertiary/aromatic N) is 1. The van der Waals surface area contributed by atoms with Crippen molar-refractivity contribution in [3.8, 4) is 0 Å². The molecule has 1 aromatic heterocycles. The lowest BCUT2D eigenvalue weighted by Crippen LogP contribution is -2.32. The minimum absolute atomic E-state index is 0.787. The van der Waals surface area contributed by atoms with Crippen molar-refractivity contribution in [1.29, 1.82) is 0 Å². The molecule has 1 aromatic carbocycles. The summed E-state index contributed by atoms with van der Waals surface area (Å²) in [5, 5.41) is 5.18. The summed E-state index contributed by atoms with van der Waals surface area (Å²) in [6.07, 6.45) is 2.73. The summed E-state index contributed by atoms with van der Waals surface area (Å²) >= 11 is 4.08. The molecule has 2 heterocycles. The molecule has 2 aromatic rings. The van der Waals surface area contributed by atoms with Gasteiger partial charge in [-0.2, -0.15) is 11.8 Å². The molecule has 4 heteroatoms. The van der Waals surface area contributed by atoms with Gasteiger partial charge in [-0.25, -0.2) is 0 Å². The molecule has 0 unspecified atom stereocenters. The Morgan fingerprint density at radius 1 is 1.14 bits per heavy atom. The van der Waals surface area contributed by atoms with Crippen LogP contribution >= 0.6 is 23.1 Å². The van der Waals surface area contributed by atoms with Crippen LogP contribution in [-0.2, 0) is 13.1 Å². The molecule has 0 amide bonds. The number of benzene rings is 1.